The molecular formula is C15H15N3O3S2. The van der Waals surface area contributed by atoms with Crippen molar-refractivity contribution < 1.29 is 12.8 Å². The molecule has 0 amide bonds. The average Bonchev–Trinajstić information content (AvgIpc) is 3.18. The topological polar surface area (TPSA) is 76.3 Å². The highest BCUT2D eigenvalue weighted by Crippen LogP contribution is 2.31. The van der Waals surface area contributed by atoms with E-state index in [2.05, 4.69) is 10.2 Å². The molecule has 0 spiro atoms. The third-order valence-electron chi connectivity index (χ3n) is 3.22. The molecule has 0 saturated heterocycles. The second-order valence-electron chi connectivity index (χ2n) is 4.79. The summed E-state index contributed by atoms with van der Waals surface area (Å²) in [6.45, 7) is 3.84. The Morgan fingerprint density at radius 3 is 2.57 bits per heavy atom. The van der Waals surface area contributed by atoms with E-state index in [9.17, 15) is 8.42 Å². The third kappa shape index (κ3) is 2.99. The minimum absolute atomic E-state index is 0.244. The van der Waals surface area contributed by atoms with Crippen LogP contribution in [0.15, 0.2) is 50.4 Å². The molecule has 0 bridgehead atoms. The Morgan fingerprint density at radius 1 is 1.22 bits per heavy atom. The zero-order chi connectivity index (χ0) is 16.4. The Hall–Kier alpha value is -2.19. The number of aryl methyl sites for hydroxylation is 1. The summed E-state index contributed by atoms with van der Waals surface area (Å²) < 4.78 is 32.7. The van der Waals surface area contributed by atoms with Gasteiger partial charge < -0.3 is 4.42 Å². The van der Waals surface area contributed by atoms with E-state index in [1.54, 1.807) is 37.4 Å². The molecule has 0 aliphatic heterocycles. The first kappa shape index (κ1) is 15.7. The lowest BCUT2D eigenvalue weighted by Gasteiger charge is -2.21. The predicted molar refractivity (Wildman–Crippen MR) is 89.0 cm³/mol. The lowest BCUT2D eigenvalue weighted by Crippen LogP contribution is -2.30. The van der Waals surface area contributed by atoms with Crippen molar-refractivity contribution >= 4 is 27.0 Å². The Bertz CT molecular complexity index is 901. The minimum atomic E-state index is -3.62. The zero-order valence-electron chi connectivity index (χ0n) is 12.6. The second-order valence-corrected chi connectivity index (χ2v) is 7.79. The van der Waals surface area contributed by atoms with Crippen LogP contribution in [-0.2, 0) is 10.0 Å². The van der Waals surface area contributed by atoms with Gasteiger partial charge in [0.2, 0.25) is 11.8 Å². The van der Waals surface area contributed by atoms with Crippen LogP contribution >= 0.6 is 11.3 Å². The Balaban J connectivity index is 1.98. The molecule has 2 heterocycles. The van der Waals surface area contributed by atoms with Gasteiger partial charge in [0.15, 0.2) is 0 Å². The highest BCUT2D eigenvalue weighted by atomic mass is 32.2. The maximum atomic E-state index is 12.9. The van der Waals surface area contributed by atoms with E-state index in [4.69, 9.17) is 4.42 Å². The van der Waals surface area contributed by atoms with Gasteiger partial charge in [0, 0.05) is 18.8 Å². The van der Waals surface area contributed by atoms with Gasteiger partial charge in [-0.25, -0.2) is 8.42 Å². The average molecular weight is 349 g/mol. The van der Waals surface area contributed by atoms with Crippen molar-refractivity contribution in [3.8, 4) is 11.5 Å². The first-order chi connectivity index (χ1) is 11.0. The standard InChI is InChI=1S/C15H15N3O3S2/c1-3-18(13-7-5-4-6-8-13)23(19,20)14-9-12(10-22-14)15-17-16-11(2)21-15/h4-10H,3H2,1-2H3. The highest BCUT2D eigenvalue weighted by Gasteiger charge is 2.26. The minimum Gasteiger partial charge on any atom is -0.421 e. The summed E-state index contributed by atoms with van der Waals surface area (Å²) in [5, 5.41) is 9.38. The summed E-state index contributed by atoms with van der Waals surface area (Å²) >= 11 is 1.14. The van der Waals surface area contributed by atoms with E-state index in [1.807, 2.05) is 18.2 Å². The summed E-state index contributed by atoms with van der Waals surface area (Å²) in [5.74, 6) is 0.762. The molecule has 3 aromatic rings. The third-order valence-corrected chi connectivity index (χ3v) is 6.54. The molecule has 0 aliphatic rings. The van der Waals surface area contributed by atoms with Crippen molar-refractivity contribution in [2.24, 2.45) is 0 Å². The fourth-order valence-corrected chi connectivity index (χ4v) is 4.91. The van der Waals surface area contributed by atoms with Crippen molar-refractivity contribution in [3.05, 3.63) is 47.7 Å². The normalized spacial score (nSPS) is 11.6. The van der Waals surface area contributed by atoms with Gasteiger partial charge in [-0.3, -0.25) is 4.31 Å². The van der Waals surface area contributed by atoms with Gasteiger partial charge in [0.25, 0.3) is 10.0 Å². The summed E-state index contributed by atoms with van der Waals surface area (Å²) in [5.41, 5.74) is 1.25. The molecule has 8 heteroatoms. The number of hydrogen-bond donors (Lipinski definition) is 0. The molecule has 0 saturated carbocycles. The molecule has 0 fully saturated rings. The second kappa shape index (κ2) is 6.13. The lowest BCUT2D eigenvalue weighted by molar-refractivity contribution is 0.533. The number of nitrogens with zero attached hydrogens (tertiary/aromatic N) is 3. The Morgan fingerprint density at radius 2 is 1.96 bits per heavy atom. The van der Waals surface area contributed by atoms with Crippen molar-refractivity contribution in [1.29, 1.82) is 0 Å². The molecule has 0 radical (unpaired) electrons. The maximum Gasteiger partial charge on any atom is 0.273 e. The summed E-state index contributed by atoms with van der Waals surface area (Å²) in [6, 6.07) is 10.6. The summed E-state index contributed by atoms with van der Waals surface area (Å²) in [7, 11) is -3.62. The molecule has 23 heavy (non-hydrogen) atoms. The summed E-state index contributed by atoms with van der Waals surface area (Å²) in [4.78, 5) is 0. The van der Waals surface area contributed by atoms with Crippen molar-refractivity contribution in [1.82, 2.24) is 10.2 Å². The van der Waals surface area contributed by atoms with Crippen molar-refractivity contribution in [2.45, 2.75) is 18.1 Å². The molecule has 2 aromatic heterocycles. The molecule has 0 atom stereocenters. The van der Waals surface area contributed by atoms with E-state index in [0.29, 0.717) is 29.6 Å². The zero-order valence-corrected chi connectivity index (χ0v) is 14.3. The molecule has 6 nitrogen and oxygen atoms in total. The monoisotopic (exact) mass is 349 g/mol. The number of para-hydroxylation sites is 1. The van der Waals surface area contributed by atoms with E-state index >= 15 is 0 Å². The Kier molecular flexibility index (Phi) is 4.18. The number of aromatic nitrogens is 2. The fourth-order valence-electron chi connectivity index (χ4n) is 2.17. The number of rotatable bonds is 5. The molecule has 0 N–H and O–H groups in total. The van der Waals surface area contributed by atoms with Crippen LogP contribution < -0.4 is 4.31 Å². The smallest absolute Gasteiger partial charge is 0.273 e. The number of anilines is 1. The van der Waals surface area contributed by atoms with E-state index in [0.717, 1.165) is 11.3 Å². The van der Waals surface area contributed by atoms with Gasteiger partial charge in [-0.05, 0) is 25.1 Å². The predicted octanol–water partition coefficient (Wildman–Crippen LogP) is 3.32. The van der Waals surface area contributed by atoms with Gasteiger partial charge in [-0.1, -0.05) is 18.2 Å². The largest absolute Gasteiger partial charge is 0.421 e. The lowest BCUT2D eigenvalue weighted by atomic mass is 10.3. The number of benzene rings is 1. The highest BCUT2D eigenvalue weighted by molar-refractivity contribution is 7.94. The molecule has 3 rings (SSSR count). The molecule has 0 aliphatic carbocycles. The van der Waals surface area contributed by atoms with E-state index < -0.39 is 10.0 Å². The van der Waals surface area contributed by atoms with Crippen LogP contribution in [0.2, 0.25) is 0 Å². The maximum absolute atomic E-state index is 12.9. The SMILES string of the molecule is CCN(c1ccccc1)S(=O)(=O)c1cc(-c2nnc(C)o2)cs1. The molecule has 0 unspecified atom stereocenters. The van der Waals surface area contributed by atoms with Gasteiger partial charge in [0.05, 0.1) is 11.3 Å². The Labute approximate surface area is 138 Å². The first-order valence-electron chi connectivity index (χ1n) is 6.99. The van der Waals surface area contributed by atoms with Gasteiger partial charge in [-0.2, -0.15) is 0 Å². The van der Waals surface area contributed by atoms with Crippen molar-refractivity contribution in [2.75, 3.05) is 10.8 Å². The van der Waals surface area contributed by atoms with Crippen LogP contribution in [0.1, 0.15) is 12.8 Å². The summed E-state index contributed by atoms with van der Waals surface area (Å²) in [6.07, 6.45) is 0. The number of thiophene rings is 1. The quantitative estimate of drug-likeness (QED) is 0.706. The van der Waals surface area contributed by atoms with Crippen molar-refractivity contribution in [3.63, 3.8) is 0 Å². The van der Waals surface area contributed by atoms with Gasteiger partial charge in [0.1, 0.15) is 4.21 Å². The van der Waals surface area contributed by atoms with Crippen LogP contribution in [0.4, 0.5) is 5.69 Å². The van der Waals surface area contributed by atoms with E-state index in [1.165, 1.54) is 4.31 Å². The van der Waals surface area contributed by atoms with Crippen LogP contribution in [-0.4, -0.2) is 25.2 Å². The van der Waals surface area contributed by atoms with Gasteiger partial charge >= 0.3 is 0 Å². The van der Waals surface area contributed by atoms with Crippen LogP contribution in [0.5, 0.6) is 0 Å². The number of hydrogen-bond acceptors (Lipinski definition) is 6. The fraction of sp³-hybridized carbons (Fsp3) is 0.200. The van der Waals surface area contributed by atoms with Crippen LogP contribution in [0.25, 0.3) is 11.5 Å². The molecular weight excluding hydrogens is 334 g/mol. The van der Waals surface area contributed by atoms with Crippen LogP contribution in [0, 0.1) is 6.92 Å². The van der Waals surface area contributed by atoms with Crippen LogP contribution in [0.3, 0.4) is 0 Å². The molecule has 1 aromatic carbocycles. The van der Waals surface area contributed by atoms with E-state index in [-0.39, 0.29) is 4.21 Å². The van der Waals surface area contributed by atoms with Gasteiger partial charge in [-0.15, -0.1) is 21.5 Å². The molecule has 120 valence electrons. The number of sulfonamides is 1. The first-order valence-corrected chi connectivity index (χ1v) is 9.31.